The van der Waals surface area contributed by atoms with E-state index in [9.17, 15) is 4.79 Å². The van der Waals surface area contributed by atoms with Gasteiger partial charge in [-0.2, -0.15) is 5.10 Å². The summed E-state index contributed by atoms with van der Waals surface area (Å²) in [7, 11) is 6.89. The zero-order chi connectivity index (χ0) is 11.6. The number of hydrogen-bond donors (Lipinski definition) is 1. The van der Waals surface area contributed by atoms with E-state index in [1.54, 1.807) is 0 Å². The first-order chi connectivity index (χ1) is 7.66. The highest BCUT2D eigenvalue weighted by molar-refractivity contribution is 7.19. The molecule has 1 saturated carbocycles. The van der Waals surface area contributed by atoms with Gasteiger partial charge in [-0.25, -0.2) is 0 Å². The molecular formula is C9H12BN3O2S. The van der Waals surface area contributed by atoms with Crippen LogP contribution in [0.1, 0.15) is 24.3 Å². The third-order valence-electron chi connectivity index (χ3n) is 2.84. The van der Waals surface area contributed by atoms with E-state index in [4.69, 9.17) is 12.6 Å². The molecule has 0 aliphatic heterocycles. The molecular weight excluding hydrogens is 225 g/mol. The van der Waals surface area contributed by atoms with E-state index >= 15 is 0 Å². The summed E-state index contributed by atoms with van der Waals surface area (Å²) in [5, 5.41) is 11.6. The standard InChI is InChI=1S/C9H12BN3O2S/c1-15-7(14)9(3-2-4-9)11-5-6-12-13-8(10)16-6/h11H,2-5H2,1H3. The van der Waals surface area contributed by atoms with Crippen LogP contribution in [0.2, 0.25) is 0 Å². The first kappa shape index (κ1) is 11.5. The number of nitrogens with one attached hydrogen (secondary N) is 1. The molecule has 0 aromatic carbocycles. The van der Waals surface area contributed by atoms with Gasteiger partial charge in [0.15, 0.2) is 7.85 Å². The average molecular weight is 237 g/mol. The molecule has 1 aliphatic rings. The Balaban J connectivity index is 1.95. The van der Waals surface area contributed by atoms with E-state index < -0.39 is 5.54 Å². The topological polar surface area (TPSA) is 64.1 Å². The average Bonchev–Trinajstić information content (AvgIpc) is 2.62. The summed E-state index contributed by atoms with van der Waals surface area (Å²) in [5.74, 6) is -0.198. The largest absolute Gasteiger partial charge is 0.468 e. The van der Waals surface area contributed by atoms with Crippen LogP contribution in [0.25, 0.3) is 0 Å². The van der Waals surface area contributed by atoms with Crippen LogP contribution in [-0.2, 0) is 16.1 Å². The Morgan fingerprint density at radius 1 is 1.62 bits per heavy atom. The van der Waals surface area contributed by atoms with Crippen LogP contribution < -0.4 is 10.2 Å². The fourth-order valence-electron chi connectivity index (χ4n) is 1.76. The summed E-state index contributed by atoms with van der Waals surface area (Å²) in [5.41, 5.74) is -0.519. The van der Waals surface area contributed by atoms with Gasteiger partial charge in [0.2, 0.25) is 0 Å². The highest BCUT2D eigenvalue weighted by atomic mass is 32.1. The maximum atomic E-state index is 11.6. The Morgan fingerprint density at radius 3 is 2.81 bits per heavy atom. The quantitative estimate of drug-likeness (QED) is 0.565. The van der Waals surface area contributed by atoms with Gasteiger partial charge in [-0.05, 0) is 19.3 Å². The van der Waals surface area contributed by atoms with Crippen molar-refractivity contribution < 1.29 is 9.53 Å². The van der Waals surface area contributed by atoms with Crippen molar-refractivity contribution in [3.05, 3.63) is 5.01 Å². The first-order valence-electron chi connectivity index (χ1n) is 5.07. The minimum atomic E-state index is -0.519. The fourth-order valence-corrected chi connectivity index (χ4v) is 2.31. The molecule has 0 atom stereocenters. The molecule has 1 N–H and O–H groups in total. The molecule has 84 valence electrons. The number of esters is 1. The van der Waals surface area contributed by atoms with E-state index in [-0.39, 0.29) is 5.97 Å². The van der Waals surface area contributed by atoms with Crippen molar-refractivity contribution in [2.75, 3.05) is 7.11 Å². The van der Waals surface area contributed by atoms with Crippen molar-refractivity contribution in [1.82, 2.24) is 15.5 Å². The molecule has 1 aromatic rings. The van der Waals surface area contributed by atoms with E-state index in [1.165, 1.54) is 18.4 Å². The summed E-state index contributed by atoms with van der Waals surface area (Å²) in [6.07, 6.45) is 2.67. The summed E-state index contributed by atoms with van der Waals surface area (Å²) in [4.78, 5) is 12.0. The monoisotopic (exact) mass is 237 g/mol. The molecule has 2 radical (unpaired) electrons. The van der Waals surface area contributed by atoms with Gasteiger partial charge in [0, 0.05) is 0 Å². The van der Waals surface area contributed by atoms with Gasteiger partial charge in [-0.1, -0.05) is 0 Å². The smallest absolute Gasteiger partial charge is 0.326 e. The van der Waals surface area contributed by atoms with E-state index in [2.05, 4.69) is 15.5 Å². The summed E-state index contributed by atoms with van der Waals surface area (Å²) in [6.45, 7) is 0.504. The zero-order valence-electron chi connectivity index (χ0n) is 9.02. The lowest BCUT2D eigenvalue weighted by Crippen LogP contribution is -2.57. The van der Waals surface area contributed by atoms with Gasteiger partial charge >= 0.3 is 5.97 Å². The molecule has 16 heavy (non-hydrogen) atoms. The Bertz CT molecular complexity index is 392. The highest BCUT2D eigenvalue weighted by Gasteiger charge is 2.44. The van der Waals surface area contributed by atoms with Gasteiger partial charge in [0.1, 0.15) is 10.5 Å². The lowest BCUT2D eigenvalue weighted by Gasteiger charge is -2.39. The zero-order valence-corrected chi connectivity index (χ0v) is 9.84. The lowest BCUT2D eigenvalue weighted by molar-refractivity contribution is -0.152. The number of methoxy groups -OCH3 is 1. The van der Waals surface area contributed by atoms with Crippen LogP contribution in [0, 0.1) is 0 Å². The summed E-state index contributed by atoms with van der Waals surface area (Å²) in [6, 6.07) is 0. The van der Waals surface area contributed by atoms with Gasteiger partial charge in [-0.3, -0.25) is 10.1 Å². The van der Waals surface area contributed by atoms with Gasteiger partial charge < -0.3 is 4.74 Å². The lowest BCUT2D eigenvalue weighted by atomic mass is 9.77. The second kappa shape index (κ2) is 4.51. The SMILES string of the molecule is [B]c1nnc(CNC2(C(=O)OC)CCC2)s1. The second-order valence-electron chi connectivity index (χ2n) is 3.81. The van der Waals surface area contributed by atoms with Crippen molar-refractivity contribution >= 4 is 30.1 Å². The predicted octanol–water partition coefficient (Wildman–Crippen LogP) is -0.483. The van der Waals surface area contributed by atoms with Gasteiger partial charge in [-0.15, -0.1) is 16.4 Å². The highest BCUT2D eigenvalue weighted by Crippen LogP contribution is 2.33. The van der Waals surface area contributed by atoms with Crippen molar-refractivity contribution in [3.8, 4) is 0 Å². The number of hydrogen-bond acceptors (Lipinski definition) is 6. The Morgan fingerprint density at radius 2 is 2.38 bits per heavy atom. The normalized spacial score (nSPS) is 17.8. The van der Waals surface area contributed by atoms with Crippen LogP contribution in [0.15, 0.2) is 0 Å². The molecule has 1 aliphatic carbocycles. The van der Waals surface area contributed by atoms with E-state index in [0.29, 0.717) is 11.5 Å². The fraction of sp³-hybridized carbons (Fsp3) is 0.667. The molecule has 2 rings (SSSR count). The molecule has 1 fully saturated rings. The van der Waals surface area contributed by atoms with Crippen LogP contribution in [0.5, 0.6) is 0 Å². The van der Waals surface area contributed by atoms with Gasteiger partial charge in [0.25, 0.3) is 0 Å². The molecule has 1 aromatic heterocycles. The number of aromatic nitrogens is 2. The Hall–Kier alpha value is -0.945. The number of carbonyl (C=O) groups is 1. The summed E-state index contributed by atoms with van der Waals surface area (Å²) >= 11 is 1.32. The Kier molecular flexibility index (Phi) is 3.25. The molecule has 1 heterocycles. The number of nitrogens with zero attached hydrogens (tertiary/aromatic N) is 2. The third-order valence-corrected chi connectivity index (χ3v) is 3.60. The molecule has 0 spiro atoms. The van der Waals surface area contributed by atoms with E-state index in [0.717, 1.165) is 24.3 Å². The second-order valence-corrected chi connectivity index (χ2v) is 4.91. The van der Waals surface area contributed by atoms with Crippen LogP contribution in [0.3, 0.4) is 0 Å². The Labute approximate surface area is 99.0 Å². The van der Waals surface area contributed by atoms with E-state index in [1.807, 2.05) is 0 Å². The van der Waals surface area contributed by atoms with Crippen molar-refractivity contribution in [1.29, 1.82) is 0 Å². The van der Waals surface area contributed by atoms with Crippen LogP contribution >= 0.6 is 11.3 Å². The molecule has 7 heteroatoms. The maximum absolute atomic E-state index is 11.6. The van der Waals surface area contributed by atoms with Crippen molar-refractivity contribution in [2.45, 2.75) is 31.3 Å². The molecule has 0 bridgehead atoms. The predicted molar refractivity (Wildman–Crippen MR) is 60.7 cm³/mol. The molecule has 0 unspecified atom stereocenters. The minimum Gasteiger partial charge on any atom is -0.468 e. The molecule has 0 saturated heterocycles. The number of carbonyl (C=O) groups excluding carboxylic acids is 1. The maximum Gasteiger partial charge on any atom is 0.326 e. The molecule has 5 nitrogen and oxygen atoms in total. The van der Waals surface area contributed by atoms with Crippen LogP contribution in [0.4, 0.5) is 0 Å². The van der Waals surface area contributed by atoms with Crippen LogP contribution in [-0.4, -0.2) is 36.7 Å². The first-order valence-corrected chi connectivity index (χ1v) is 5.89. The minimum absolute atomic E-state index is 0.198. The van der Waals surface area contributed by atoms with Gasteiger partial charge in [0.05, 0.1) is 18.6 Å². The summed E-state index contributed by atoms with van der Waals surface area (Å²) < 4.78 is 4.79. The number of rotatable bonds is 4. The van der Waals surface area contributed by atoms with Crippen molar-refractivity contribution in [2.24, 2.45) is 0 Å². The molecule has 0 amide bonds. The van der Waals surface area contributed by atoms with Crippen molar-refractivity contribution in [3.63, 3.8) is 0 Å². The third kappa shape index (κ3) is 2.10. The number of ether oxygens (including phenoxy) is 1.